The van der Waals surface area contributed by atoms with E-state index in [1.165, 1.54) is 5.56 Å². The highest BCUT2D eigenvalue weighted by molar-refractivity contribution is 6.42. The molecule has 4 heteroatoms. The minimum absolute atomic E-state index is 0.125. The quantitative estimate of drug-likeness (QED) is 0.812. The standard InChI is InChI=1S/C15H13Cl2NO/c1-9-5-6-12-13(7-9)19-14(8-18-12)10-3-2-4-11(16)15(10)17/h2-7,14,18H,8H2,1H3. The first kappa shape index (κ1) is 12.6. The molecule has 1 unspecified atom stereocenters. The molecule has 1 heterocycles. The number of hydrogen-bond acceptors (Lipinski definition) is 2. The number of ether oxygens (including phenoxy) is 1. The lowest BCUT2D eigenvalue weighted by Crippen LogP contribution is -2.23. The Hall–Kier alpha value is -1.38. The molecule has 2 aromatic carbocycles. The summed E-state index contributed by atoms with van der Waals surface area (Å²) >= 11 is 12.3. The van der Waals surface area contributed by atoms with Crippen LogP contribution in [0.3, 0.4) is 0 Å². The third kappa shape index (κ3) is 2.38. The van der Waals surface area contributed by atoms with Crippen LogP contribution < -0.4 is 10.1 Å². The van der Waals surface area contributed by atoms with Crippen molar-refractivity contribution < 1.29 is 4.74 Å². The van der Waals surface area contributed by atoms with Gasteiger partial charge in [-0.05, 0) is 30.7 Å². The van der Waals surface area contributed by atoms with Crippen LogP contribution in [0.1, 0.15) is 17.2 Å². The zero-order valence-electron chi connectivity index (χ0n) is 10.4. The molecular weight excluding hydrogens is 281 g/mol. The van der Waals surface area contributed by atoms with Crippen molar-refractivity contribution in [2.24, 2.45) is 0 Å². The van der Waals surface area contributed by atoms with Gasteiger partial charge in [0, 0.05) is 5.56 Å². The van der Waals surface area contributed by atoms with E-state index in [-0.39, 0.29) is 6.10 Å². The van der Waals surface area contributed by atoms with Crippen LogP contribution >= 0.6 is 23.2 Å². The van der Waals surface area contributed by atoms with Gasteiger partial charge in [0.25, 0.3) is 0 Å². The van der Waals surface area contributed by atoms with Crippen LogP contribution in [0.5, 0.6) is 5.75 Å². The number of hydrogen-bond donors (Lipinski definition) is 1. The van der Waals surface area contributed by atoms with Gasteiger partial charge >= 0.3 is 0 Å². The molecule has 0 fully saturated rings. The first-order chi connectivity index (χ1) is 9.15. The summed E-state index contributed by atoms with van der Waals surface area (Å²) in [5, 5.41) is 4.47. The van der Waals surface area contributed by atoms with Crippen molar-refractivity contribution in [1.82, 2.24) is 0 Å². The molecule has 1 aliphatic rings. The average molecular weight is 294 g/mol. The Morgan fingerprint density at radius 2 is 2.05 bits per heavy atom. The van der Waals surface area contributed by atoms with Crippen LogP contribution in [-0.4, -0.2) is 6.54 Å². The molecule has 0 spiro atoms. The number of fused-ring (bicyclic) bond motifs is 1. The van der Waals surface area contributed by atoms with Gasteiger partial charge < -0.3 is 10.1 Å². The first-order valence-corrected chi connectivity index (χ1v) is 6.86. The Labute approximate surface area is 122 Å². The van der Waals surface area contributed by atoms with Crippen LogP contribution in [0.4, 0.5) is 5.69 Å². The smallest absolute Gasteiger partial charge is 0.143 e. The highest BCUT2D eigenvalue weighted by Gasteiger charge is 2.23. The summed E-state index contributed by atoms with van der Waals surface area (Å²) in [6.07, 6.45) is -0.125. The summed E-state index contributed by atoms with van der Waals surface area (Å²) in [6.45, 7) is 2.72. The Balaban J connectivity index is 1.95. The number of halogens is 2. The first-order valence-electron chi connectivity index (χ1n) is 6.10. The van der Waals surface area contributed by atoms with Crippen molar-refractivity contribution >= 4 is 28.9 Å². The Kier molecular flexibility index (Phi) is 3.29. The second kappa shape index (κ2) is 4.95. The normalized spacial score (nSPS) is 17.3. The van der Waals surface area contributed by atoms with E-state index < -0.39 is 0 Å². The second-order valence-corrected chi connectivity index (χ2v) is 5.42. The van der Waals surface area contributed by atoms with Gasteiger partial charge in [0.1, 0.15) is 11.9 Å². The lowest BCUT2D eigenvalue weighted by Gasteiger charge is -2.28. The number of aryl methyl sites for hydroxylation is 1. The third-order valence-electron chi connectivity index (χ3n) is 3.21. The molecule has 0 aliphatic carbocycles. The lowest BCUT2D eigenvalue weighted by atomic mass is 10.1. The molecule has 1 atom stereocenters. The predicted molar refractivity (Wildman–Crippen MR) is 79.5 cm³/mol. The van der Waals surface area contributed by atoms with Crippen molar-refractivity contribution in [3.05, 3.63) is 57.6 Å². The van der Waals surface area contributed by atoms with Crippen LogP contribution in [-0.2, 0) is 0 Å². The number of anilines is 1. The topological polar surface area (TPSA) is 21.3 Å². The molecule has 1 aliphatic heterocycles. The van der Waals surface area contributed by atoms with Crippen molar-refractivity contribution in [3.8, 4) is 5.75 Å². The van der Waals surface area contributed by atoms with Gasteiger partial charge in [0.2, 0.25) is 0 Å². The summed E-state index contributed by atoms with van der Waals surface area (Å²) in [4.78, 5) is 0. The molecule has 0 saturated heterocycles. The van der Waals surface area contributed by atoms with E-state index >= 15 is 0 Å². The molecule has 0 radical (unpaired) electrons. The highest BCUT2D eigenvalue weighted by atomic mass is 35.5. The summed E-state index contributed by atoms with van der Waals surface area (Å²) in [6, 6.07) is 11.7. The molecule has 0 saturated carbocycles. The second-order valence-electron chi connectivity index (χ2n) is 4.63. The maximum atomic E-state index is 6.25. The van der Waals surface area contributed by atoms with E-state index in [9.17, 15) is 0 Å². The van der Waals surface area contributed by atoms with Gasteiger partial charge in [-0.2, -0.15) is 0 Å². The predicted octanol–water partition coefficient (Wildman–Crippen LogP) is 4.85. The fourth-order valence-electron chi connectivity index (χ4n) is 2.21. The van der Waals surface area contributed by atoms with Gasteiger partial charge in [0.15, 0.2) is 0 Å². The Morgan fingerprint density at radius 3 is 2.89 bits per heavy atom. The molecular formula is C15H13Cl2NO. The van der Waals surface area contributed by atoms with Crippen molar-refractivity contribution in [2.75, 3.05) is 11.9 Å². The van der Waals surface area contributed by atoms with Gasteiger partial charge in [-0.15, -0.1) is 0 Å². The van der Waals surface area contributed by atoms with Gasteiger partial charge in [-0.25, -0.2) is 0 Å². The summed E-state index contributed by atoms with van der Waals surface area (Å²) in [7, 11) is 0. The van der Waals surface area contributed by atoms with E-state index in [2.05, 4.69) is 11.4 Å². The van der Waals surface area contributed by atoms with Gasteiger partial charge in [-0.3, -0.25) is 0 Å². The van der Waals surface area contributed by atoms with Crippen LogP contribution in [0, 0.1) is 6.92 Å². The molecule has 1 N–H and O–H groups in total. The van der Waals surface area contributed by atoms with Crippen molar-refractivity contribution in [3.63, 3.8) is 0 Å². The van der Waals surface area contributed by atoms with E-state index in [4.69, 9.17) is 27.9 Å². The summed E-state index contributed by atoms with van der Waals surface area (Å²) in [5.41, 5.74) is 3.09. The molecule has 0 bridgehead atoms. The zero-order valence-corrected chi connectivity index (χ0v) is 11.9. The molecule has 0 amide bonds. The van der Waals surface area contributed by atoms with Crippen LogP contribution in [0.25, 0.3) is 0 Å². The van der Waals surface area contributed by atoms with Crippen molar-refractivity contribution in [1.29, 1.82) is 0 Å². The maximum Gasteiger partial charge on any atom is 0.143 e. The van der Waals surface area contributed by atoms with Crippen LogP contribution in [0.2, 0.25) is 10.0 Å². The number of benzene rings is 2. The number of rotatable bonds is 1. The van der Waals surface area contributed by atoms with E-state index in [1.54, 1.807) is 6.07 Å². The molecule has 19 heavy (non-hydrogen) atoms. The monoisotopic (exact) mass is 293 g/mol. The van der Waals surface area contributed by atoms with Crippen LogP contribution in [0.15, 0.2) is 36.4 Å². The van der Waals surface area contributed by atoms with E-state index in [1.807, 2.05) is 31.2 Å². The molecule has 3 rings (SSSR count). The molecule has 2 nitrogen and oxygen atoms in total. The number of nitrogens with one attached hydrogen (secondary N) is 1. The molecule has 0 aromatic heterocycles. The summed E-state index contributed by atoms with van der Waals surface area (Å²) < 4.78 is 6.03. The Morgan fingerprint density at radius 1 is 1.21 bits per heavy atom. The third-order valence-corrected chi connectivity index (χ3v) is 4.05. The average Bonchev–Trinajstić information content (AvgIpc) is 2.41. The molecule has 98 valence electrons. The largest absolute Gasteiger partial charge is 0.482 e. The highest BCUT2D eigenvalue weighted by Crippen LogP contribution is 2.38. The zero-order chi connectivity index (χ0) is 13.4. The molecule has 2 aromatic rings. The van der Waals surface area contributed by atoms with E-state index in [0.29, 0.717) is 16.6 Å². The van der Waals surface area contributed by atoms with Gasteiger partial charge in [0.05, 0.1) is 22.3 Å². The Bertz CT molecular complexity index is 628. The van der Waals surface area contributed by atoms with E-state index in [0.717, 1.165) is 17.0 Å². The minimum Gasteiger partial charge on any atom is -0.482 e. The fourth-order valence-corrected chi connectivity index (χ4v) is 2.64. The maximum absolute atomic E-state index is 6.25. The fraction of sp³-hybridized carbons (Fsp3) is 0.200. The summed E-state index contributed by atoms with van der Waals surface area (Å²) in [5.74, 6) is 0.854. The SMILES string of the molecule is Cc1ccc2c(c1)OC(c1cccc(Cl)c1Cl)CN2. The minimum atomic E-state index is -0.125. The lowest BCUT2D eigenvalue weighted by molar-refractivity contribution is 0.210. The van der Waals surface area contributed by atoms with Crippen molar-refractivity contribution in [2.45, 2.75) is 13.0 Å². The van der Waals surface area contributed by atoms with Gasteiger partial charge in [-0.1, -0.05) is 41.4 Å².